The molecule has 0 atom stereocenters. The van der Waals surface area contributed by atoms with E-state index in [-0.39, 0.29) is 0 Å². The molecule has 0 radical (unpaired) electrons. The number of fused-ring (bicyclic) bond motifs is 1. The lowest BCUT2D eigenvalue weighted by Crippen LogP contribution is -2.52. The zero-order valence-electron chi connectivity index (χ0n) is 21.4. The maximum Gasteiger partial charge on any atom is 0.408 e. The van der Waals surface area contributed by atoms with Gasteiger partial charge in [-0.25, -0.2) is 19.1 Å². The van der Waals surface area contributed by atoms with E-state index in [1.807, 2.05) is 75.4 Å². The predicted molar refractivity (Wildman–Crippen MR) is 140 cm³/mol. The van der Waals surface area contributed by atoms with E-state index in [1.54, 1.807) is 16.8 Å². The van der Waals surface area contributed by atoms with Crippen LogP contribution in [0, 0.1) is 0 Å². The van der Waals surface area contributed by atoms with E-state index in [0.717, 1.165) is 41.6 Å². The minimum atomic E-state index is -0.563. The number of methoxy groups -OCH3 is 1. The zero-order valence-corrected chi connectivity index (χ0v) is 21.4. The van der Waals surface area contributed by atoms with E-state index in [9.17, 15) is 9.59 Å². The summed E-state index contributed by atoms with van der Waals surface area (Å²) in [6, 6.07) is 19.5. The molecule has 37 heavy (non-hydrogen) atoms. The van der Waals surface area contributed by atoms with Gasteiger partial charge in [-0.05, 0) is 51.7 Å². The summed E-state index contributed by atoms with van der Waals surface area (Å²) in [5.41, 5.74) is 4.05. The van der Waals surface area contributed by atoms with Crippen molar-refractivity contribution in [2.24, 2.45) is 0 Å². The lowest BCUT2D eigenvalue weighted by Gasteiger charge is -2.43. The third kappa shape index (κ3) is 4.67. The first-order chi connectivity index (χ1) is 17.7. The van der Waals surface area contributed by atoms with E-state index < -0.39 is 23.2 Å². The highest BCUT2D eigenvalue weighted by atomic mass is 16.6. The van der Waals surface area contributed by atoms with Crippen molar-refractivity contribution in [3.05, 3.63) is 78.0 Å². The largest absolute Gasteiger partial charge is 0.465 e. The van der Waals surface area contributed by atoms with Crippen LogP contribution in [0.15, 0.2) is 66.9 Å². The van der Waals surface area contributed by atoms with Crippen molar-refractivity contribution in [3.63, 3.8) is 0 Å². The van der Waals surface area contributed by atoms with E-state index in [4.69, 9.17) is 14.5 Å². The highest BCUT2D eigenvalue weighted by Crippen LogP contribution is 2.42. The molecule has 0 unspecified atom stereocenters. The summed E-state index contributed by atoms with van der Waals surface area (Å²) in [6.45, 7) is 5.57. The normalized spacial score (nSPS) is 14.6. The van der Waals surface area contributed by atoms with Crippen molar-refractivity contribution in [2.45, 2.75) is 51.2 Å². The van der Waals surface area contributed by atoms with Crippen molar-refractivity contribution < 1.29 is 19.1 Å². The van der Waals surface area contributed by atoms with Gasteiger partial charge in [0.1, 0.15) is 16.9 Å². The number of imidazole rings is 1. The van der Waals surface area contributed by atoms with E-state index in [1.165, 1.54) is 7.11 Å². The third-order valence-corrected chi connectivity index (χ3v) is 6.63. The lowest BCUT2D eigenvalue weighted by molar-refractivity contribution is 0.0377. The van der Waals surface area contributed by atoms with Gasteiger partial charge in [0.25, 0.3) is 0 Å². The van der Waals surface area contributed by atoms with E-state index in [2.05, 4.69) is 10.4 Å². The van der Waals surface area contributed by atoms with Gasteiger partial charge in [-0.15, -0.1) is 0 Å². The Bertz CT molecular complexity index is 1450. The molecule has 1 saturated carbocycles. The van der Waals surface area contributed by atoms with Crippen molar-refractivity contribution in [1.82, 2.24) is 19.9 Å². The fourth-order valence-electron chi connectivity index (χ4n) is 4.74. The molecule has 8 nitrogen and oxygen atoms in total. The minimum absolute atomic E-state index is 0.340. The van der Waals surface area contributed by atoms with E-state index >= 15 is 0 Å². The number of ether oxygens (including phenoxy) is 2. The molecule has 1 amide bonds. The second-order valence-corrected chi connectivity index (χ2v) is 10.3. The van der Waals surface area contributed by atoms with Crippen LogP contribution in [0.3, 0.4) is 0 Å². The quantitative estimate of drug-likeness (QED) is 0.352. The number of rotatable bonds is 5. The molecular formula is C29H30N4O4. The molecule has 190 valence electrons. The summed E-state index contributed by atoms with van der Waals surface area (Å²) < 4.78 is 12.2. The van der Waals surface area contributed by atoms with Crippen LogP contribution in [0.1, 0.15) is 56.0 Å². The van der Waals surface area contributed by atoms with Gasteiger partial charge >= 0.3 is 12.1 Å². The van der Waals surface area contributed by atoms with E-state index in [0.29, 0.717) is 16.9 Å². The minimum Gasteiger partial charge on any atom is -0.465 e. The molecule has 2 aromatic carbocycles. The highest BCUT2D eigenvalue weighted by molar-refractivity contribution is 5.97. The summed E-state index contributed by atoms with van der Waals surface area (Å²) in [4.78, 5) is 29.8. The Morgan fingerprint density at radius 1 is 0.973 bits per heavy atom. The average molecular weight is 499 g/mol. The molecule has 2 heterocycles. The lowest BCUT2D eigenvalue weighted by atomic mass is 9.71. The molecule has 1 N–H and O–H groups in total. The van der Waals surface area contributed by atoms with Crippen molar-refractivity contribution >= 4 is 17.7 Å². The van der Waals surface area contributed by atoms with Crippen LogP contribution in [-0.2, 0) is 15.0 Å². The number of aromatic nitrogens is 3. The first kappa shape index (κ1) is 24.5. The first-order valence-electron chi connectivity index (χ1n) is 12.3. The summed E-state index contributed by atoms with van der Waals surface area (Å²) in [5, 5.41) is 7.61. The number of carbonyl (C=O) groups is 2. The second-order valence-electron chi connectivity index (χ2n) is 10.3. The molecule has 0 bridgehead atoms. The molecule has 2 aromatic heterocycles. The van der Waals surface area contributed by atoms with Gasteiger partial charge in [-0.2, -0.15) is 5.10 Å². The van der Waals surface area contributed by atoms with Gasteiger partial charge in [0.05, 0.1) is 18.3 Å². The van der Waals surface area contributed by atoms with Crippen LogP contribution in [0.5, 0.6) is 0 Å². The molecule has 1 aliphatic rings. The Morgan fingerprint density at radius 2 is 1.68 bits per heavy atom. The zero-order chi connectivity index (χ0) is 26.2. The van der Waals surface area contributed by atoms with Gasteiger partial charge < -0.3 is 14.8 Å². The average Bonchev–Trinajstić information content (AvgIpc) is 3.25. The number of amides is 1. The number of hydrogen-bond donors (Lipinski definition) is 1. The topological polar surface area (TPSA) is 94.8 Å². The Hall–Kier alpha value is -4.20. The molecular weight excluding hydrogens is 468 g/mol. The summed E-state index contributed by atoms with van der Waals surface area (Å²) in [6.07, 6.45) is 3.89. The predicted octanol–water partition coefficient (Wildman–Crippen LogP) is 5.75. The second kappa shape index (κ2) is 9.35. The number of carbonyl (C=O) groups excluding carboxylic acids is 2. The number of nitrogens with one attached hydrogen (secondary N) is 1. The van der Waals surface area contributed by atoms with Crippen LogP contribution in [0.2, 0.25) is 0 Å². The summed E-state index contributed by atoms with van der Waals surface area (Å²) >= 11 is 0. The van der Waals surface area contributed by atoms with Gasteiger partial charge in [0.2, 0.25) is 0 Å². The Balaban J connectivity index is 1.56. The summed E-state index contributed by atoms with van der Waals surface area (Å²) in [7, 11) is 1.35. The SMILES string of the molecule is COC(=O)c1ccnn2c(-c3ccccc3)c(-c3ccc(C4(NC(=O)OC(C)(C)C)CCC4)cc3)nc12. The van der Waals surface area contributed by atoms with Gasteiger partial charge in [0.15, 0.2) is 5.65 Å². The standard InChI is InChI=1S/C29H30N4O4/c1-28(2,3)37-27(35)32-29(16-8-17-29)21-13-11-19(12-14-21)23-24(20-9-6-5-7-10-20)33-25(31-23)22(15-18-30-33)26(34)36-4/h5-7,9-15,18H,8,16-17H2,1-4H3,(H,32,35). The van der Waals surface area contributed by atoms with Gasteiger partial charge in [-0.1, -0.05) is 54.6 Å². The van der Waals surface area contributed by atoms with Crippen molar-refractivity contribution in [3.8, 4) is 22.5 Å². The molecule has 8 heteroatoms. The molecule has 4 aromatic rings. The van der Waals surface area contributed by atoms with Crippen LogP contribution >= 0.6 is 0 Å². The fraction of sp³-hybridized carbons (Fsp3) is 0.310. The number of hydrogen-bond acceptors (Lipinski definition) is 6. The number of benzene rings is 2. The molecule has 5 rings (SSSR count). The first-order valence-corrected chi connectivity index (χ1v) is 12.3. The monoisotopic (exact) mass is 498 g/mol. The maximum absolute atomic E-state index is 12.6. The number of alkyl carbamates (subject to hydrolysis) is 1. The van der Waals surface area contributed by atoms with Crippen molar-refractivity contribution in [1.29, 1.82) is 0 Å². The van der Waals surface area contributed by atoms with Crippen LogP contribution < -0.4 is 5.32 Å². The summed E-state index contributed by atoms with van der Waals surface area (Å²) in [5.74, 6) is -0.473. The number of esters is 1. The molecule has 0 saturated heterocycles. The third-order valence-electron chi connectivity index (χ3n) is 6.63. The Labute approximate surface area is 215 Å². The van der Waals surface area contributed by atoms with Crippen LogP contribution in [-0.4, -0.2) is 39.4 Å². The molecule has 0 aliphatic heterocycles. The molecule has 0 spiro atoms. The number of nitrogens with zero attached hydrogens (tertiary/aromatic N) is 3. The van der Waals surface area contributed by atoms with Gasteiger partial charge in [-0.3, -0.25) is 0 Å². The Morgan fingerprint density at radius 3 is 2.27 bits per heavy atom. The molecule has 1 fully saturated rings. The fourth-order valence-corrected chi connectivity index (χ4v) is 4.74. The van der Waals surface area contributed by atoms with Crippen LogP contribution in [0.4, 0.5) is 4.79 Å². The van der Waals surface area contributed by atoms with Crippen molar-refractivity contribution in [2.75, 3.05) is 7.11 Å². The van der Waals surface area contributed by atoms with Gasteiger partial charge in [0, 0.05) is 17.3 Å². The van der Waals surface area contributed by atoms with Crippen LogP contribution in [0.25, 0.3) is 28.2 Å². The smallest absolute Gasteiger partial charge is 0.408 e. The molecule has 1 aliphatic carbocycles. The maximum atomic E-state index is 12.6. The highest BCUT2D eigenvalue weighted by Gasteiger charge is 2.41. The Kier molecular flexibility index (Phi) is 6.19.